The second kappa shape index (κ2) is 4.24. The van der Waals surface area contributed by atoms with E-state index in [2.05, 4.69) is 9.83 Å². The summed E-state index contributed by atoms with van der Waals surface area (Å²) in [7, 11) is 0. The Labute approximate surface area is 97.1 Å². The molecule has 1 aromatic heterocycles. The summed E-state index contributed by atoms with van der Waals surface area (Å²) in [4.78, 5) is 6.57. The van der Waals surface area contributed by atoms with Crippen molar-refractivity contribution >= 4 is 5.82 Å². The molecule has 0 unspecified atom stereocenters. The van der Waals surface area contributed by atoms with Crippen LogP contribution >= 0.6 is 0 Å². The van der Waals surface area contributed by atoms with Gasteiger partial charge >= 0.3 is 12.1 Å². The summed E-state index contributed by atoms with van der Waals surface area (Å²) >= 11 is 0. The maximum Gasteiger partial charge on any atom is 0.415 e. The Morgan fingerprint density at radius 3 is 2.24 bits per heavy atom. The maximum atomic E-state index is 12.5. The molecule has 0 amide bonds. The number of hydrogen-bond acceptors (Lipinski definition) is 2. The highest BCUT2D eigenvalue weighted by molar-refractivity contribution is 5.43. The molecule has 0 N–H and O–H groups in total. The van der Waals surface area contributed by atoms with Crippen LogP contribution in [0.3, 0.4) is 0 Å². The van der Waals surface area contributed by atoms with Crippen molar-refractivity contribution in [3.8, 4) is 5.88 Å². The molecule has 0 fully saturated rings. The summed E-state index contributed by atoms with van der Waals surface area (Å²) in [5.74, 6) is -0.530. The maximum absolute atomic E-state index is 12.5. The first-order chi connectivity index (χ1) is 7.62. The van der Waals surface area contributed by atoms with Gasteiger partial charge < -0.3 is 9.58 Å². The van der Waals surface area contributed by atoms with E-state index < -0.39 is 17.3 Å². The van der Waals surface area contributed by atoms with Gasteiger partial charge in [-0.3, -0.25) is 0 Å². The Kier molecular flexibility index (Phi) is 3.32. The largest absolute Gasteiger partial charge is 0.455 e. The van der Waals surface area contributed by atoms with Gasteiger partial charge in [-0.15, -0.1) is 0 Å². The van der Waals surface area contributed by atoms with Crippen LogP contribution in [0.1, 0.15) is 26.3 Å². The zero-order valence-electron chi connectivity index (χ0n) is 9.59. The van der Waals surface area contributed by atoms with E-state index in [4.69, 9.17) is 11.3 Å². The predicted molar refractivity (Wildman–Crippen MR) is 55.9 cm³/mol. The monoisotopic (exact) mass is 244 g/mol. The van der Waals surface area contributed by atoms with Gasteiger partial charge in [0.05, 0.1) is 5.56 Å². The van der Waals surface area contributed by atoms with E-state index in [9.17, 15) is 13.2 Å². The van der Waals surface area contributed by atoms with Crippen LogP contribution in [0.25, 0.3) is 4.85 Å². The summed E-state index contributed by atoms with van der Waals surface area (Å²) in [6, 6.07) is 1.49. The minimum Gasteiger partial charge on any atom is -0.455 e. The average Bonchev–Trinajstić information content (AvgIpc) is 2.13. The number of nitrogens with zero attached hydrogens (tertiary/aromatic N) is 2. The third kappa shape index (κ3) is 3.94. The predicted octanol–water partition coefficient (Wildman–Crippen LogP) is 3.83. The minimum absolute atomic E-state index is 0.196. The summed E-state index contributed by atoms with van der Waals surface area (Å²) in [5, 5.41) is 0. The molecule has 0 spiro atoms. The van der Waals surface area contributed by atoms with Gasteiger partial charge in [0.15, 0.2) is 0 Å². The number of rotatable bonds is 1. The fourth-order valence-corrected chi connectivity index (χ4v) is 1.08. The molecule has 0 radical (unpaired) electrons. The number of ether oxygens (including phenoxy) is 1. The van der Waals surface area contributed by atoms with E-state index in [1.807, 2.05) is 0 Å². The fourth-order valence-electron chi connectivity index (χ4n) is 1.08. The van der Waals surface area contributed by atoms with Crippen LogP contribution < -0.4 is 4.74 Å². The first kappa shape index (κ1) is 13.3. The van der Waals surface area contributed by atoms with Gasteiger partial charge in [-0.1, -0.05) is 11.6 Å². The van der Waals surface area contributed by atoms with Gasteiger partial charge in [-0.25, -0.2) is 0 Å². The molecule has 0 aliphatic rings. The van der Waals surface area contributed by atoms with Gasteiger partial charge in [0.2, 0.25) is 0 Å². The van der Waals surface area contributed by atoms with Gasteiger partial charge in [0.25, 0.3) is 5.82 Å². The topological polar surface area (TPSA) is 26.5 Å². The molecule has 3 nitrogen and oxygen atoms in total. The number of hydrogen-bond donors (Lipinski definition) is 0. The van der Waals surface area contributed by atoms with Crippen molar-refractivity contribution in [1.29, 1.82) is 0 Å². The zero-order chi connectivity index (χ0) is 13.3. The molecule has 0 aliphatic heterocycles. The van der Waals surface area contributed by atoms with Gasteiger partial charge in [0.1, 0.15) is 5.60 Å². The number of pyridine rings is 1. The van der Waals surface area contributed by atoms with Crippen LogP contribution in [0.4, 0.5) is 19.0 Å². The zero-order valence-corrected chi connectivity index (χ0v) is 9.59. The number of aromatic nitrogens is 1. The quantitative estimate of drug-likeness (QED) is 0.702. The van der Waals surface area contributed by atoms with Crippen LogP contribution in [0.2, 0.25) is 0 Å². The second-order valence-corrected chi connectivity index (χ2v) is 4.38. The first-order valence-corrected chi connectivity index (χ1v) is 4.77. The van der Waals surface area contributed by atoms with Crippen molar-refractivity contribution in [3.05, 3.63) is 29.1 Å². The molecule has 0 aliphatic carbocycles. The van der Waals surface area contributed by atoms with E-state index in [1.54, 1.807) is 20.8 Å². The molecule has 92 valence electrons. The van der Waals surface area contributed by atoms with Crippen LogP contribution in [-0.4, -0.2) is 10.6 Å². The lowest BCUT2D eigenvalue weighted by molar-refractivity contribution is -0.137. The Balaban J connectivity index is 3.21. The van der Waals surface area contributed by atoms with Crippen molar-refractivity contribution in [3.63, 3.8) is 0 Å². The Hall–Kier alpha value is -1.77. The normalized spacial score (nSPS) is 12.1. The fraction of sp³-hybridized carbons (Fsp3) is 0.455. The van der Waals surface area contributed by atoms with E-state index in [0.29, 0.717) is 6.07 Å². The van der Waals surface area contributed by atoms with Crippen molar-refractivity contribution in [2.75, 3.05) is 0 Å². The first-order valence-electron chi connectivity index (χ1n) is 4.77. The Bertz CT molecular complexity index is 455. The highest BCUT2D eigenvalue weighted by Crippen LogP contribution is 2.33. The minimum atomic E-state index is -4.52. The molecular formula is C11H11F3N2O. The van der Waals surface area contributed by atoms with Crippen LogP contribution in [0, 0.1) is 6.57 Å². The van der Waals surface area contributed by atoms with Crippen LogP contribution in [-0.2, 0) is 6.18 Å². The molecule has 6 heteroatoms. The third-order valence-electron chi connectivity index (χ3n) is 1.64. The van der Waals surface area contributed by atoms with Crippen molar-refractivity contribution < 1.29 is 17.9 Å². The highest BCUT2D eigenvalue weighted by atomic mass is 19.4. The molecular weight excluding hydrogens is 233 g/mol. The van der Waals surface area contributed by atoms with E-state index in [0.717, 1.165) is 6.07 Å². The lowest BCUT2D eigenvalue weighted by atomic mass is 10.2. The molecule has 0 aromatic carbocycles. The van der Waals surface area contributed by atoms with Crippen LogP contribution in [0.15, 0.2) is 12.1 Å². The van der Waals surface area contributed by atoms with Crippen molar-refractivity contribution in [2.24, 2.45) is 0 Å². The summed E-state index contributed by atoms with van der Waals surface area (Å²) < 4.78 is 42.8. The molecule has 0 saturated carbocycles. The van der Waals surface area contributed by atoms with Gasteiger partial charge in [-0.05, 0) is 26.8 Å². The Morgan fingerprint density at radius 1 is 1.24 bits per heavy atom. The summed E-state index contributed by atoms with van der Waals surface area (Å²) in [6.45, 7) is 11.8. The van der Waals surface area contributed by atoms with Gasteiger partial charge in [-0.2, -0.15) is 13.2 Å². The van der Waals surface area contributed by atoms with Crippen molar-refractivity contribution in [2.45, 2.75) is 32.5 Å². The lowest BCUT2D eigenvalue weighted by Crippen LogP contribution is -2.23. The van der Waals surface area contributed by atoms with E-state index in [1.165, 1.54) is 0 Å². The summed E-state index contributed by atoms with van der Waals surface area (Å²) in [6.07, 6.45) is -4.52. The summed E-state index contributed by atoms with van der Waals surface area (Å²) in [5.41, 5.74) is -1.60. The Morgan fingerprint density at radius 2 is 1.82 bits per heavy atom. The smallest absolute Gasteiger partial charge is 0.415 e. The van der Waals surface area contributed by atoms with E-state index in [-0.39, 0.29) is 11.7 Å². The second-order valence-electron chi connectivity index (χ2n) is 4.38. The van der Waals surface area contributed by atoms with E-state index >= 15 is 0 Å². The lowest BCUT2D eigenvalue weighted by Gasteiger charge is -2.19. The third-order valence-corrected chi connectivity index (χ3v) is 1.64. The number of halogens is 3. The van der Waals surface area contributed by atoms with Gasteiger partial charge in [0, 0.05) is 6.07 Å². The highest BCUT2D eigenvalue weighted by Gasteiger charge is 2.32. The van der Waals surface area contributed by atoms with Crippen LogP contribution in [0.5, 0.6) is 5.88 Å². The molecule has 0 saturated heterocycles. The molecule has 1 heterocycles. The van der Waals surface area contributed by atoms with Crippen molar-refractivity contribution in [1.82, 2.24) is 4.98 Å². The molecule has 1 aromatic rings. The molecule has 0 bridgehead atoms. The average molecular weight is 244 g/mol. The molecule has 1 rings (SSSR count). The SMILES string of the molecule is [C-]#[N+]c1cc(C(F)(F)F)cc(OC(C)(C)C)n1. The standard InChI is InChI=1S/C11H11F3N2O/c1-10(2,3)17-9-6-7(11(12,13)14)5-8(15-4)16-9/h5-6H,1-3H3. The molecule has 17 heavy (non-hydrogen) atoms. The number of alkyl halides is 3. The molecule has 0 atom stereocenters.